The Morgan fingerprint density at radius 1 is 1.03 bits per heavy atom. The van der Waals surface area contributed by atoms with Crippen LogP contribution in [-0.4, -0.2) is 64.5 Å². The summed E-state index contributed by atoms with van der Waals surface area (Å²) in [5, 5.41) is 40.2. The maximum Gasteiger partial charge on any atom is 0.231 e. The summed E-state index contributed by atoms with van der Waals surface area (Å²) >= 11 is 0. The van der Waals surface area contributed by atoms with Crippen LogP contribution in [0.5, 0.6) is 17.2 Å². The quantitative estimate of drug-likeness (QED) is 0.415. The third-order valence-corrected chi connectivity index (χ3v) is 6.38. The summed E-state index contributed by atoms with van der Waals surface area (Å²) in [5.41, 5.74) is 1.73. The van der Waals surface area contributed by atoms with Gasteiger partial charge in [0.2, 0.25) is 18.5 Å². The fraction of sp³-hybridized carbons (Fsp3) is 0.400. The standard InChI is InChI=1S/C25H26O10/c1-3-12-6-14-17(8-16(12)34-25-24(30)23(29)22(28)19(9-26)35-25)33-11(2)20(21(14)27)13-4-5-15-18(7-13)32-10-31-15/h4-8,19,22-26,28-30H,3,9-10H2,1-2H3/t19-,22+,23-,24-,25-/m0/s1. The SMILES string of the molecule is CCc1cc2c(=O)c(-c3ccc4c(c3)OCO4)c(C)oc2cc1O[C@H]1O[C@@H](CO)[C@@H](O)[C@H](O)[C@@H]1O. The first kappa shape index (κ1) is 23.6. The van der Waals surface area contributed by atoms with E-state index in [1.807, 2.05) is 6.92 Å². The van der Waals surface area contributed by atoms with Gasteiger partial charge in [-0.05, 0) is 42.7 Å². The maximum atomic E-state index is 13.5. The Morgan fingerprint density at radius 2 is 1.80 bits per heavy atom. The van der Waals surface area contributed by atoms with Crippen LogP contribution in [0, 0.1) is 6.92 Å². The van der Waals surface area contributed by atoms with E-state index in [-0.39, 0.29) is 23.6 Å². The Labute approximate surface area is 199 Å². The summed E-state index contributed by atoms with van der Waals surface area (Å²) in [5.74, 6) is 1.84. The van der Waals surface area contributed by atoms with Crippen molar-refractivity contribution in [3.8, 4) is 28.4 Å². The highest BCUT2D eigenvalue weighted by Gasteiger charge is 2.45. The average Bonchev–Trinajstić information content (AvgIpc) is 3.32. The third-order valence-electron chi connectivity index (χ3n) is 6.38. The third kappa shape index (κ3) is 4.03. The topological polar surface area (TPSA) is 148 Å². The van der Waals surface area contributed by atoms with Gasteiger partial charge in [0.15, 0.2) is 11.5 Å². The number of aryl methyl sites for hydroxylation is 2. The smallest absolute Gasteiger partial charge is 0.231 e. The molecule has 0 amide bonds. The molecule has 3 heterocycles. The zero-order chi connectivity index (χ0) is 24.9. The van der Waals surface area contributed by atoms with Crippen LogP contribution < -0.4 is 19.6 Å². The van der Waals surface area contributed by atoms with Crippen LogP contribution >= 0.6 is 0 Å². The molecule has 186 valence electrons. The van der Waals surface area contributed by atoms with Gasteiger partial charge in [-0.15, -0.1) is 0 Å². The van der Waals surface area contributed by atoms with Crippen molar-refractivity contribution in [2.45, 2.75) is 51.0 Å². The van der Waals surface area contributed by atoms with Crippen LogP contribution in [0.1, 0.15) is 18.2 Å². The van der Waals surface area contributed by atoms with Crippen molar-refractivity contribution in [3.05, 3.63) is 51.9 Å². The van der Waals surface area contributed by atoms with Crippen molar-refractivity contribution in [2.24, 2.45) is 0 Å². The molecule has 2 aromatic carbocycles. The highest BCUT2D eigenvalue weighted by Crippen LogP contribution is 2.37. The highest BCUT2D eigenvalue weighted by molar-refractivity contribution is 5.85. The van der Waals surface area contributed by atoms with Gasteiger partial charge in [0.25, 0.3) is 0 Å². The molecule has 5 atom stereocenters. The molecule has 0 bridgehead atoms. The summed E-state index contributed by atoms with van der Waals surface area (Å²) in [6.45, 7) is 3.11. The second kappa shape index (κ2) is 9.14. The molecule has 1 aromatic heterocycles. The van der Waals surface area contributed by atoms with Crippen LogP contribution in [0.3, 0.4) is 0 Å². The molecule has 0 radical (unpaired) electrons. The lowest BCUT2D eigenvalue weighted by atomic mass is 9.99. The van der Waals surface area contributed by atoms with Crippen LogP contribution in [0.25, 0.3) is 22.1 Å². The van der Waals surface area contributed by atoms with Gasteiger partial charge in [-0.25, -0.2) is 0 Å². The Balaban J connectivity index is 1.54. The van der Waals surface area contributed by atoms with Crippen LogP contribution in [-0.2, 0) is 11.2 Å². The second-order valence-corrected chi connectivity index (χ2v) is 8.56. The summed E-state index contributed by atoms with van der Waals surface area (Å²) in [6.07, 6.45) is -6.60. The van der Waals surface area contributed by atoms with Gasteiger partial charge in [-0.2, -0.15) is 0 Å². The predicted octanol–water partition coefficient (Wildman–Crippen LogP) is 1.24. The van der Waals surface area contributed by atoms with Gasteiger partial charge in [0, 0.05) is 6.07 Å². The van der Waals surface area contributed by atoms with E-state index in [9.17, 15) is 25.2 Å². The summed E-state index contributed by atoms with van der Waals surface area (Å²) in [4.78, 5) is 13.5. The van der Waals surface area contributed by atoms with E-state index >= 15 is 0 Å². The molecule has 35 heavy (non-hydrogen) atoms. The van der Waals surface area contributed by atoms with Gasteiger partial charge in [0.05, 0.1) is 17.6 Å². The molecule has 4 N–H and O–H groups in total. The van der Waals surface area contributed by atoms with Crippen molar-refractivity contribution < 1.29 is 43.8 Å². The minimum atomic E-state index is -1.57. The molecule has 1 saturated heterocycles. The molecular weight excluding hydrogens is 460 g/mol. The Kier molecular flexibility index (Phi) is 6.16. The van der Waals surface area contributed by atoms with Gasteiger partial charge in [-0.3, -0.25) is 4.79 Å². The van der Waals surface area contributed by atoms with Crippen molar-refractivity contribution in [2.75, 3.05) is 13.4 Å². The van der Waals surface area contributed by atoms with Gasteiger partial charge in [-0.1, -0.05) is 13.0 Å². The van der Waals surface area contributed by atoms with E-state index in [0.717, 1.165) is 0 Å². The largest absolute Gasteiger partial charge is 0.462 e. The number of aliphatic hydroxyl groups is 4. The van der Waals surface area contributed by atoms with Crippen molar-refractivity contribution in [1.82, 2.24) is 0 Å². The normalized spacial score (nSPS) is 25.7. The lowest BCUT2D eigenvalue weighted by Crippen LogP contribution is -2.60. The number of hydrogen-bond donors (Lipinski definition) is 4. The predicted molar refractivity (Wildman–Crippen MR) is 123 cm³/mol. The maximum absolute atomic E-state index is 13.5. The zero-order valence-electron chi connectivity index (χ0n) is 19.1. The summed E-state index contributed by atoms with van der Waals surface area (Å²) < 4.78 is 28.1. The van der Waals surface area contributed by atoms with E-state index in [0.29, 0.717) is 45.8 Å². The first-order valence-electron chi connectivity index (χ1n) is 11.3. The lowest BCUT2D eigenvalue weighted by molar-refractivity contribution is -0.277. The minimum absolute atomic E-state index is 0.126. The Morgan fingerprint density at radius 3 is 2.54 bits per heavy atom. The molecule has 5 rings (SSSR count). The molecular formula is C25H26O10. The van der Waals surface area contributed by atoms with E-state index in [4.69, 9.17) is 23.4 Å². The van der Waals surface area contributed by atoms with E-state index in [2.05, 4.69) is 0 Å². The van der Waals surface area contributed by atoms with E-state index in [1.54, 1.807) is 31.2 Å². The van der Waals surface area contributed by atoms with Gasteiger partial charge < -0.3 is 43.8 Å². The second-order valence-electron chi connectivity index (χ2n) is 8.56. The first-order chi connectivity index (χ1) is 16.8. The zero-order valence-corrected chi connectivity index (χ0v) is 19.1. The summed E-state index contributed by atoms with van der Waals surface area (Å²) in [7, 11) is 0. The van der Waals surface area contributed by atoms with Gasteiger partial charge >= 0.3 is 0 Å². The Bertz CT molecular complexity index is 1310. The summed E-state index contributed by atoms with van der Waals surface area (Å²) in [6, 6.07) is 8.46. The van der Waals surface area contributed by atoms with Crippen molar-refractivity contribution in [3.63, 3.8) is 0 Å². The minimum Gasteiger partial charge on any atom is -0.462 e. The monoisotopic (exact) mass is 486 g/mol. The van der Waals surface area contributed by atoms with Crippen LogP contribution in [0.15, 0.2) is 39.5 Å². The molecule has 10 nitrogen and oxygen atoms in total. The van der Waals surface area contributed by atoms with E-state index in [1.165, 1.54) is 6.07 Å². The fourth-order valence-electron chi connectivity index (χ4n) is 4.44. The van der Waals surface area contributed by atoms with Crippen LogP contribution in [0.4, 0.5) is 0 Å². The number of ether oxygens (including phenoxy) is 4. The molecule has 1 fully saturated rings. The molecule has 10 heteroatoms. The molecule has 0 spiro atoms. The Hall–Kier alpha value is -3.15. The van der Waals surface area contributed by atoms with Crippen molar-refractivity contribution >= 4 is 11.0 Å². The number of benzene rings is 2. The van der Waals surface area contributed by atoms with Crippen molar-refractivity contribution in [1.29, 1.82) is 0 Å². The molecule has 0 aliphatic carbocycles. The first-order valence-corrected chi connectivity index (χ1v) is 11.3. The fourth-order valence-corrected chi connectivity index (χ4v) is 4.44. The molecule has 0 unspecified atom stereocenters. The number of aliphatic hydroxyl groups excluding tert-OH is 4. The number of fused-ring (bicyclic) bond motifs is 2. The van der Waals surface area contributed by atoms with Crippen LogP contribution in [0.2, 0.25) is 0 Å². The molecule has 2 aliphatic rings. The molecule has 0 saturated carbocycles. The highest BCUT2D eigenvalue weighted by atomic mass is 16.7. The number of rotatable bonds is 5. The van der Waals surface area contributed by atoms with Gasteiger partial charge in [0.1, 0.15) is 41.5 Å². The molecule has 3 aromatic rings. The average molecular weight is 486 g/mol. The number of hydrogen-bond acceptors (Lipinski definition) is 10. The van der Waals surface area contributed by atoms with E-state index < -0.39 is 37.3 Å². The lowest BCUT2D eigenvalue weighted by Gasteiger charge is -2.39. The molecule has 2 aliphatic heterocycles.